The van der Waals surface area contributed by atoms with E-state index in [4.69, 9.17) is 4.74 Å². The van der Waals surface area contributed by atoms with Gasteiger partial charge in [-0.15, -0.1) is 0 Å². The standard InChI is InChI=1S/C17H21N3O3S/c1-17(2,3)23-16(22)20-10-6-8-12(20)14(21)19-15-18-11-7-4-5-9-13(11)24-15/h4-5,7,9,12H,6,8,10H2,1-3H3,(H,18,19,21). The SMILES string of the molecule is CC(C)(C)OC(=O)N1CCCC1C(=O)Nc1nc2ccccc2s1. The van der Waals surface area contributed by atoms with Gasteiger partial charge < -0.3 is 10.1 Å². The lowest BCUT2D eigenvalue weighted by molar-refractivity contribution is -0.120. The molecule has 1 aliphatic heterocycles. The molecule has 2 heterocycles. The van der Waals surface area contributed by atoms with Crippen molar-refractivity contribution in [1.29, 1.82) is 0 Å². The Bertz CT molecular complexity index is 733. The first-order chi connectivity index (χ1) is 11.3. The maximum atomic E-state index is 12.6. The van der Waals surface area contributed by atoms with E-state index in [-0.39, 0.29) is 5.91 Å². The van der Waals surface area contributed by atoms with Crippen LogP contribution in [0, 0.1) is 0 Å². The van der Waals surface area contributed by atoms with Gasteiger partial charge in [0.05, 0.1) is 10.2 Å². The van der Waals surface area contributed by atoms with Crippen LogP contribution in [-0.2, 0) is 9.53 Å². The van der Waals surface area contributed by atoms with E-state index in [1.165, 1.54) is 16.2 Å². The van der Waals surface area contributed by atoms with Crippen LogP contribution in [0.1, 0.15) is 33.6 Å². The predicted octanol–water partition coefficient (Wildman–Crippen LogP) is 3.63. The van der Waals surface area contributed by atoms with Gasteiger partial charge in [-0.2, -0.15) is 0 Å². The molecule has 0 radical (unpaired) electrons. The highest BCUT2D eigenvalue weighted by molar-refractivity contribution is 7.22. The first-order valence-corrected chi connectivity index (χ1v) is 8.81. The zero-order valence-electron chi connectivity index (χ0n) is 14.0. The third kappa shape index (κ3) is 3.67. The Morgan fingerprint density at radius 3 is 2.79 bits per heavy atom. The number of para-hydroxylation sites is 1. The molecule has 0 aliphatic carbocycles. The number of likely N-dealkylation sites (tertiary alicyclic amines) is 1. The van der Waals surface area contributed by atoms with Crippen LogP contribution in [0.3, 0.4) is 0 Å². The molecule has 1 aliphatic rings. The van der Waals surface area contributed by atoms with Gasteiger partial charge in [0.15, 0.2) is 5.13 Å². The lowest BCUT2D eigenvalue weighted by Gasteiger charge is -2.27. The van der Waals surface area contributed by atoms with Gasteiger partial charge in [-0.05, 0) is 45.7 Å². The normalized spacial score (nSPS) is 18.0. The van der Waals surface area contributed by atoms with E-state index < -0.39 is 17.7 Å². The number of thiazole rings is 1. The Hall–Kier alpha value is -2.15. The molecule has 1 atom stereocenters. The van der Waals surface area contributed by atoms with Crippen LogP contribution in [0.2, 0.25) is 0 Å². The van der Waals surface area contributed by atoms with Crippen LogP contribution >= 0.6 is 11.3 Å². The fourth-order valence-electron chi connectivity index (χ4n) is 2.69. The molecule has 24 heavy (non-hydrogen) atoms. The van der Waals surface area contributed by atoms with Crippen molar-refractivity contribution in [3.8, 4) is 0 Å². The van der Waals surface area contributed by atoms with E-state index >= 15 is 0 Å². The summed E-state index contributed by atoms with van der Waals surface area (Å²) in [6.45, 7) is 5.98. The molecule has 0 spiro atoms. The maximum Gasteiger partial charge on any atom is 0.410 e. The molecule has 0 saturated carbocycles. The lowest BCUT2D eigenvalue weighted by Crippen LogP contribution is -2.45. The number of nitrogens with zero attached hydrogens (tertiary/aromatic N) is 2. The summed E-state index contributed by atoms with van der Waals surface area (Å²) in [5.74, 6) is -0.211. The third-order valence-corrected chi connectivity index (χ3v) is 4.66. The third-order valence-electron chi connectivity index (χ3n) is 3.71. The summed E-state index contributed by atoms with van der Waals surface area (Å²) < 4.78 is 6.41. The van der Waals surface area contributed by atoms with Crippen LogP contribution in [0.4, 0.5) is 9.93 Å². The Morgan fingerprint density at radius 1 is 1.33 bits per heavy atom. The quantitative estimate of drug-likeness (QED) is 0.900. The molecule has 6 nitrogen and oxygen atoms in total. The molecule has 7 heteroatoms. The molecule has 1 fully saturated rings. The highest BCUT2D eigenvalue weighted by Gasteiger charge is 2.36. The second-order valence-electron chi connectivity index (χ2n) is 6.81. The fourth-order valence-corrected chi connectivity index (χ4v) is 3.56. The summed E-state index contributed by atoms with van der Waals surface area (Å²) in [5.41, 5.74) is 0.279. The van der Waals surface area contributed by atoms with Gasteiger partial charge in [0.2, 0.25) is 5.91 Å². The smallest absolute Gasteiger partial charge is 0.410 e. The maximum absolute atomic E-state index is 12.6. The predicted molar refractivity (Wildman–Crippen MR) is 94.2 cm³/mol. The lowest BCUT2D eigenvalue weighted by atomic mass is 10.2. The number of nitrogens with one attached hydrogen (secondary N) is 1. The summed E-state index contributed by atoms with van der Waals surface area (Å²) in [6, 6.07) is 7.21. The second-order valence-corrected chi connectivity index (χ2v) is 7.84. The molecule has 1 aromatic carbocycles. The Kier molecular flexibility index (Phi) is 4.45. The van der Waals surface area contributed by atoms with Crippen molar-refractivity contribution in [2.24, 2.45) is 0 Å². The largest absolute Gasteiger partial charge is 0.444 e. The van der Waals surface area contributed by atoms with Gasteiger partial charge >= 0.3 is 6.09 Å². The molecule has 1 unspecified atom stereocenters. The monoisotopic (exact) mass is 347 g/mol. The summed E-state index contributed by atoms with van der Waals surface area (Å²) in [5, 5.41) is 3.39. The Morgan fingerprint density at radius 2 is 2.08 bits per heavy atom. The number of carbonyl (C=O) groups is 2. The van der Waals surface area contributed by atoms with Crippen LogP contribution in [0.25, 0.3) is 10.2 Å². The van der Waals surface area contributed by atoms with Gasteiger partial charge in [0.1, 0.15) is 11.6 Å². The molecule has 2 amide bonds. The van der Waals surface area contributed by atoms with E-state index in [0.717, 1.165) is 16.6 Å². The van der Waals surface area contributed by atoms with E-state index in [9.17, 15) is 9.59 Å². The van der Waals surface area contributed by atoms with Crippen molar-refractivity contribution in [3.63, 3.8) is 0 Å². The van der Waals surface area contributed by atoms with Gasteiger partial charge in [-0.3, -0.25) is 9.69 Å². The van der Waals surface area contributed by atoms with Crippen molar-refractivity contribution in [1.82, 2.24) is 9.88 Å². The molecule has 1 N–H and O–H groups in total. The second kappa shape index (κ2) is 6.39. The van der Waals surface area contributed by atoms with Gasteiger partial charge in [0, 0.05) is 6.54 Å². The topological polar surface area (TPSA) is 71.5 Å². The molecule has 2 aromatic rings. The highest BCUT2D eigenvalue weighted by atomic mass is 32.1. The van der Waals surface area contributed by atoms with E-state index in [2.05, 4.69) is 10.3 Å². The van der Waals surface area contributed by atoms with E-state index in [0.29, 0.717) is 18.1 Å². The minimum atomic E-state index is -0.576. The summed E-state index contributed by atoms with van der Waals surface area (Å²) in [7, 11) is 0. The molecular weight excluding hydrogens is 326 g/mol. The summed E-state index contributed by atoms with van der Waals surface area (Å²) >= 11 is 1.43. The molecule has 3 rings (SSSR count). The molecule has 1 aromatic heterocycles. The van der Waals surface area contributed by atoms with Gasteiger partial charge in [0.25, 0.3) is 0 Å². The van der Waals surface area contributed by atoms with Gasteiger partial charge in [-0.25, -0.2) is 9.78 Å². The zero-order chi connectivity index (χ0) is 17.3. The van der Waals surface area contributed by atoms with Crippen molar-refractivity contribution in [2.75, 3.05) is 11.9 Å². The van der Waals surface area contributed by atoms with E-state index in [1.807, 2.05) is 45.0 Å². The van der Waals surface area contributed by atoms with Gasteiger partial charge in [-0.1, -0.05) is 23.5 Å². The van der Waals surface area contributed by atoms with Crippen molar-refractivity contribution >= 4 is 38.7 Å². The van der Waals surface area contributed by atoms with Crippen LogP contribution in [0.5, 0.6) is 0 Å². The average Bonchev–Trinajstić information content (AvgIpc) is 3.11. The van der Waals surface area contributed by atoms with Crippen LogP contribution < -0.4 is 5.32 Å². The highest BCUT2D eigenvalue weighted by Crippen LogP contribution is 2.27. The molecular formula is C17H21N3O3S. The van der Waals surface area contributed by atoms with Crippen molar-refractivity contribution in [3.05, 3.63) is 24.3 Å². The molecule has 1 saturated heterocycles. The van der Waals surface area contributed by atoms with Crippen molar-refractivity contribution < 1.29 is 14.3 Å². The first-order valence-electron chi connectivity index (χ1n) is 7.99. The number of hydrogen-bond donors (Lipinski definition) is 1. The number of amides is 2. The zero-order valence-corrected chi connectivity index (χ0v) is 14.9. The number of carbonyl (C=O) groups excluding carboxylic acids is 2. The molecule has 0 bridgehead atoms. The van der Waals surface area contributed by atoms with Crippen LogP contribution in [0.15, 0.2) is 24.3 Å². The van der Waals surface area contributed by atoms with E-state index in [1.54, 1.807) is 0 Å². The molecule has 128 valence electrons. The first kappa shape index (κ1) is 16.7. The number of ether oxygens (including phenoxy) is 1. The Labute approximate surface area is 144 Å². The number of rotatable bonds is 2. The number of fused-ring (bicyclic) bond motifs is 1. The Balaban J connectivity index is 1.70. The summed E-state index contributed by atoms with van der Waals surface area (Å²) in [6.07, 6.45) is 0.983. The van der Waals surface area contributed by atoms with Crippen molar-refractivity contribution in [2.45, 2.75) is 45.3 Å². The van der Waals surface area contributed by atoms with Crippen LogP contribution in [-0.4, -0.2) is 40.1 Å². The number of aromatic nitrogens is 1. The minimum absolute atomic E-state index is 0.211. The number of hydrogen-bond acceptors (Lipinski definition) is 5. The number of benzene rings is 1. The summed E-state index contributed by atoms with van der Waals surface area (Å²) in [4.78, 5) is 30.8. The average molecular weight is 347 g/mol. The number of anilines is 1. The fraction of sp³-hybridized carbons (Fsp3) is 0.471. The minimum Gasteiger partial charge on any atom is -0.444 e.